The van der Waals surface area contributed by atoms with Crippen LogP contribution < -0.4 is 10.4 Å². The smallest absolute Gasteiger partial charge is 0.423 e. The number of aryl methyl sites for hydroxylation is 2. The third-order valence-corrected chi connectivity index (χ3v) is 3.43. The molecule has 2 aromatic rings. The molecule has 110 valence electrons. The molecule has 0 unspecified atom stereocenters. The first-order valence-corrected chi connectivity index (χ1v) is 6.80. The topological polar surface area (TPSA) is 43.7 Å². The lowest BCUT2D eigenvalue weighted by molar-refractivity contribution is 0.425. The second-order valence-corrected chi connectivity index (χ2v) is 5.43. The molecule has 2 N–H and O–H groups in total. The molecule has 0 spiro atoms. The van der Waals surface area contributed by atoms with Crippen LogP contribution in [-0.2, 0) is 6.54 Å². The number of halogens is 1. The van der Waals surface area contributed by atoms with Crippen molar-refractivity contribution in [1.29, 1.82) is 0 Å². The third kappa shape index (κ3) is 3.83. The Morgan fingerprint density at radius 1 is 1.05 bits per heavy atom. The van der Waals surface area contributed by atoms with Crippen LogP contribution in [0.4, 0.5) is 10.1 Å². The Morgan fingerprint density at radius 3 is 2.19 bits per heavy atom. The molecule has 0 aromatic heterocycles. The average molecular weight is 287 g/mol. The van der Waals surface area contributed by atoms with Gasteiger partial charge in [0.1, 0.15) is 5.82 Å². The molecule has 2 rings (SSSR count). The van der Waals surface area contributed by atoms with Crippen molar-refractivity contribution in [2.75, 3.05) is 11.9 Å². The summed E-state index contributed by atoms with van der Waals surface area (Å²) in [5.41, 5.74) is 4.02. The number of hydrogen-bond donors (Lipinski definition) is 2. The Morgan fingerprint density at radius 2 is 1.67 bits per heavy atom. The van der Waals surface area contributed by atoms with Crippen molar-refractivity contribution in [2.45, 2.75) is 20.4 Å². The van der Waals surface area contributed by atoms with Crippen molar-refractivity contribution >= 4 is 18.3 Å². The van der Waals surface area contributed by atoms with Crippen LogP contribution in [0.3, 0.4) is 0 Å². The van der Waals surface area contributed by atoms with Gasteiger partial charge in [0.25, 0.3) is 0 Å². The fourth-order valence-electron chi connectivity index (χ4n) is 2.37. The molecule has 0 amide bonds. The van der Waals surface area contributed by atoms with Crippen LogP contribution in [0.2, 0.25) is 0 Å². The van der Waals surface area contributed by atoms with Crippen molar-refractivity contribution in [1.82, 2.24) is 0 Å². The zero-order valence-corrected chi connectivity index (χ0v) is 12.5. The molecule has 0 aliphatic rings. The van der Waals surface area contributed by atoms with E-state index >= 15 is 0 Å². The van der Waals surface area contributed by atoms with Crippen molar-refractivity contribution in [3.63, 3.8) is 0 Å². The van der Waals surface area contributed by atoms with Gasteiger partial charge in [-0.05, 0) is 48.6 Å². The molecular formula is C16H19BFNO2. The van der Waals surface area contributed by atoms with E-state index in [9.17, 15) is 4.39 Å². The minimum absolute atomic E-state index is 0.158. The first-order chi connectivity index (χ1) is 9.86. The van der Waals surface area contributed by atoms with Crippen LogP contribution in [0, 0.1) is 19.7 Å². The van der Waals surface area contributed by atoms with E-state index in [1.165, 1.54) is 6.07 Å². The second-order valence-electron chi connectivity index (χ2n) is 5.43. The summed E-state index contributed by atoms with van der Waals surface area (Å²) < 4.78 is 14.0. The van der Waals surface area contributed by atoms with Crippen LogP contribution in [-0.4, -0.2) is 24.2 Å². The summed E-state index contributed by atoms with van der Waals surface area (Å²) in [5, 5.41) is 18.1. The lowest BCUT2D eigenvalue weighted by atomic mass is 9.80. The van der Waals surface area contributed by atoms with Gasteiger partial charge in [-0.15, -0.1) is 0 Å². The molecule has 0 aliphatic heterocycles. The Kier molecular flexibility index (Phi) is 4.65. The molecule has 0 aliphatic carbocycles. The maximum absolute atomic E-state index is 14.0. The van der Waals surface area contributed by atoms with Crippen molar-refractivity contribution in [3.05, 3.63) is 58.9 Å². The number of nitrogens with zero attached hydrogens (tertiary/aromatic N) is 1. The van der Waals surface area contributed by atoms with Gasteiger partial charge in [0.05, 0.1) is 0 Å². The average Bonchev–Trinajstić information content (AvgIpc) is 2.39. The monoisotopic (exact) mass is 287 g/mol. The van der Waals surface area contributed by atoms with E-state index in [1.54, 1.807) is 6.07 Å². The van der Waals surface area contributed by atoms with Gasteiger partial charge in [0.2, 0.25) is 0 Å². The summed E-state index contributed by atoms with van der Waals surface area (Å²) >= 11 is 0. The predicted molar refractivity (Wildman–Crippen MR) is 84.2 cm³/mol. The first kappa shape index (κ1) is 15.5. The minimum atomic E-state index is -1.65. The summed E-state index contributed by atoms with van der Waals surface area (Å²) in [6, 6.07) is 10.5. The maximum Gasteiger partial charge on any atom is 0.488 e. The van der Waals surface area contributed by atoms with Crippen LogP contribution >= 0.6 is 0 Å². The highest BCUT2D eigenvalue weighted by Crippen LogP contribution is 2.20. The lowest BCUT2D eigenvalue weighted by Crippen LogP contribution is -2.30. The summed E-state index contributed by atoms with van der Waals surface area (Å²) in [4.78, 5) is 1.97. The number of benzene rings is 2. The van der Waals surface area contributed by atoms with E-state index in [4.69, 9.17) is 10.0 Å². The van der Waals surface area contributed by atoms with Crippen molar-refractivity contribution < 1.29 is 14.4 Å². The Balaban J connectivity index is 2.21. The van der Waals surface area contributed by atoms with Gasteiger partial charge in [-0.1, -0.05) is 18.2 Å². The zero-order valence-electron chi connectivity index (χ0n) is 12.5. The molecule has 0 bridgehead atoms. The SMILES string of the molecule is Cc1cc(C)cc(N(C)Cc2ccc(B(O)O)cc2F)c1. The highest BCUT2D eigenvalue weighted by molar-refractivity contribution is 6.58. The molecule has 0 heterocycles. The Labute approximate surface area is 124 Å². The van der Waals surface area contributed by atoms with Crippen LogP contribution in [0.1, 0.15) is 16.7 Å². The van der Waals surface area contributed by atoms with Gasteiger partial charge in [-0.25, -0.2) is 4.39 Å². The standard InChI is InChI=1S/C16H19BFNO2/c1-11-6-12(2)8-15(7-11)19(3)10-13-4-5-14(17(20)21)9-16(13)18/h4-9,20-21H,10H2,1-3H3. The van der Waals surface area contributed by atoms with Gasteiger partial charge in [0.15, 0.2) is 0 Å². The molecule has 0 saturated carbocycles. The second kappa shape index (κ2) is 6.29. The molecule has 0 radical (unpaired) electrons. The van der Waals surface area contributed by atoms with E-state index < -0.39 is 12.9 Å². The van der Waals surface area contributed by atoms with E-state index in [0.717, 1.165) is 22.9 Å². The van der Waals surface area contributed by atoms with Crippen LogP contribution in [0.5, 0.6) is 0 Å². The van der Waals surface area contributed by atoms with Gasteiger partial charge in [-0.2, -0.15) is 0 Å². The summed E-state index contributed by atoms with van der Waals surface area (Å²) in [5.74, 6) is -0.433. The number of anilines is 1. The van der Waals surface area contributed by atoms with E-state index in [1.807, 2.05) is 25.8 Å². The van der Waals surface area contributed by atoms with Gasteiger partial charge >= 0.3 is 7.12 Å². The first-order valence-electron chi connectivity index (χ1n) is 6.80. The number of rotatable bonds is 4. The molecular weight excluding hydrogens is 268 g/mol. The highest BCUT2D eigenvalue weighted by atomic mass is 19.1. The molecule has 0 atom stereocenters. The Bertz CT molecular complexity index is 626. The fourth-order valence-corrected chi connectivity index (χ4v) is 2.37. The highest BCUT2D eigenvalue weighted by Gasteiger charge is 2.14. The summed E-state index contributed by atoms with van der Waals surface area (Å²) in [7, 11) is 0.258. The quantitative estimate of drug-likeness (QED) is 0.842. The summed E-state index contributed by atoms with van der Waals surface area (Å²) in [6.45, 7) is 4.47. The van der Waals surface area contributed by atoms with Crippen LogP contribution in [0.15, 0.2) is 36.4 Å². The van der Waals surface area contributed by atoms with Gasteiger partial charge in [0, 0.05) is 24.8 Å². The molecule has 21 heavy (non-hydrogen) atoms. The van der Waals surface area contributed by atoms with Crippen molar-refractivity contribution in [3.8, 4) is 0 Å². The largest absolute Gasteiger partial charge is 0.488 e. The molecule has 0 saturated heterocycles. The predicted octanol–water partition coefficient (Wildman–Crippen LogP) is 1.76. The lowest BCUT2D eigenvalue weighted by Gasteiger charge is -2.21. The van der Waals surface area contributed by atoms with Gasteiger partial charge < -0.3 is 14.9 Å². The number of hydrogen-bond acceptors (Lipinski definition) is 3. The van der Waals surface area contributed by atoms with E-state index in [0.29, 0.717) is 12.1 Å². The van der Waals surface area contributed by atoms with E-state index in [2.05, 4.69) is 18.2 Å². The Hall–Kier alpha value is -1.85. The molecule has 3 nitrogen and oxygen atoms in total. The molecule has 0 fully saturated rings. The minimum Gasteiger partial charge on any atom is -0.423 e. The van der Waals surface area contributed by atoms with Crippen LogP contribution in [0.25, 0.3) is 0 Å². The summed E-state index contributed by atoms with van der Waals surface area (Å²) in [6.07, 6.45) is 0. The maximum atomic E-state index is 14.0. The fraction of sp³-hybridized carbons (Fsp3) is 0.250. The van der Waals surface area contributed by atoms with Gasteiger partial charge in [-0.3, -0.25) is 0 Å². The molecule has 5 heteroatoms. The zero-order chi connectivity index (χ0) is 15.6. The third-order valence-electron chi connectivity index (χ3n) is 3.43. The molecule has 2 aromatic carbocycles. The van der Waals surface area contributed by atoms with E-state index in [-0.39, 0.29) is 5.46 Å². The van der Waals surface area contributed by atoms with Crippen molar-refractivity contribution in [2.24, 2.45) is 0 Å². The normalized spacial score (nSPS) is 10.6.